The molecule has 0 spiro atoms. The highest BCUT2D eigenvalue weighted by Gasteiger charge is 2.15. The third-order valence-electron chi connectivity index (χ3n) is 4.64. The van der Waals surface area contributed by atoms with Gasteiger partial charge in [0.1, 0.15) is 5.82 Å². The molecule has 5 nitrogen and oxygen atoms in total. The first-order chi connectivity index (χ1) is 12.0. The lowest BCUT2D eigenvalue weighted by Gasteiger charge is -2.24. The Morgan fingerprint density at radius 3 is 2.44 bits per heavy atom. The van der Waals surface area contributed by atoms with Crippen LogP contribution in [0.1, 0.15) is 44.6 Å². The van der Waals surface area contributed by atoms with Gasteiger partial charge in [-0.2, -0.15) is 0 Å². The van der Waals surface area contributed by atoms with Gasteiger partial charge in [-0.3, -0.25) is 4.79 Å². The number of urea groups is 1. The van der Waals surface area contributed by atoms with Crippen molar-refractivity contribution in [3.05, 3.63) is 35.6 Å². The second kappa shape index (κ2) is 10.0. The largest absolute Gasteiger partial charge is 0.341 e. The van der Waals surface area contributed by atoms with Crippen LogP contribution in [0.15, 0.2) is 24.3 Å². The van der Waals surface area contributed by atoms with Crippen molar-refractivity contribution in [2.75, 3.05) is 19.6 Å². The van der Waals surface area contributed by atoms with Gasteiger partial charge in [0.05, 0.1) is 0 Å². The molecule has 0 aromatic heterocycles. The van der Waals surface area contributed by atoms with E-state index in [0.717, 1.165) is 18.4 Å². The lowest BCUT2D eigenvalue weighted by atomic mass is 9.96. The molecule has 0 radical (unpaired) electrons. The van der Waals surface area contributed by atoms with Gasteiger partial charge in [-0.05, 0) is 37.0 Å². The molecule has 1 aliphatic carbocycles. The molecule has 2 N–H and O–H groups in total. The zero-order chi connectivity index (χ0) is 18.1. The normalized spacial score (nSPS) is 14.8. The van der Waals surface area contributed by atoms with Gasteiger partial charge in [-0.1, -0.05) is 31.4 Å². The number of hydrogen-bond donors (Lipinski definition) is 2. The zero-order valence-corrected chi connectivity index (χ0v) is 14.9. The van der Waals surface area contributed by atoms with Crippen molar-refractivity contribution in [2.45, 2.75) is 51.5 Å². The summed E-state index contributed by atoms with van der Waals surface area (Å²) in [6, 6.07) is 6.41. The van der Waals surface area contributed by atoms with Crippen molar-refractivity contribution in [1.29, 1.82) is 0 Å². The van der Waals surface area contributed by atoms with Crippen LogP contribution in [0.4, 0.5) is 9.18 Å². The Labute approximate surface area is 149 Å². The maximum atomic E-state index is 12.9. The van der Waals surface area contributed by atoms with E-state index in [-0.39, 0.29) is 23.8 Å². The first-order valence-corrected chi connectivity index (χ1v) is 9.09. The number of benzene rings is 1. The molecule has 0 saturated heterocycles. The monoisotopic (exact) mass is 349 g/mol. The summed E-state index contributed by atoms with van der Waals surface area (Å²) in [4.78, 5) is 25.4. The van der Waals surface area contributed by atoms with Crippen LogP contribution in [0.5, 0.6) is 0 Å². The Morgan fingerprint density at radius 2 is 1.80 bits per heavy atom. The van der Waals surface area contributed by atoms with Crippen LogP contribution < -0.4 is 10.6 Å². The molecule has 1 aliphatic rings. The smallest absolute Gasteiger partial charge is 0.315 e. The minimum Gasteiger partial charge on any atom is -0.341 e. The van der Waals surface area contributed by atoms with E-state index >= 15 is 0 Å². The molecule has 0 heterocycles. The second-order valence-corrected chi connectivity index (χ2v) is 6.62. The summed E-state index contributed by atoms with van der Waals surface area (Å²) in [6.45, 7) is 2.95. The van der Waals surface area contributed by atoms with Crippen LogP contribution in [-0.4, -0.2) is 42.5 Å². The van der Waals surface area contributed by atoms with Crippen LogP contribution >= 0.6 is 0 Å². The molecule has 138 valence electrons. The average Bonchev–Trinajstić information content (AvgIpc) is 2.60. The summed E-state index contributed by atoms with van der Waals surface area (Å²) in [5, 5.41) is 5.82. The number of halogens is 1. The zero-order valence-electron chi connectivity index (χ0n) is 14.9. The van der Waals surface area contributed by atoms with Gasteiger partial charge in [-0.15, -0.1) is 0 Å². The lowest BCUT2D eigenvalue weighted by molar-refractivity contribution is -0.128. The Bertz CT molecular complexity index is 556. The van der Waals surface area contributed by atoms with Crippen molar-refractivity contribution in [3.8, 4) is 0 Å². The highest BCUT2D eigenvalue weighted by molar-refractivity contribution is 5.75. The Morgan fingerprint density at radius 1 is 1.12 bits per heavy atom. The van der Waals surface area contributed by atoms with Crippen LogP contribution in [0.3, 0.4) is 0 Å². The predicted molar refractivity (Wildman–Crippen MR) is 95.8 cm³/mol. The lowest BCUT2D eigenvalue weighted by Crippen LogP contribution is -2.45. The summed E-state index contributed by atoms with van der Waals surface area (Å²) < 4.78 is 12.9. The fourth-order valence-corrected chi connectivity index (χ4v) is 3.13. The Kier molecular flexibility index (Phi) is 7.70. The minimum absolute atomic E-state index is 0.0309. The second-order valence-electron chi connectivity index (χ2n) is 6.62. The molecule has 3 amide bonds. The molecule has 0 bridgehead atoms. The van der Waals surface area contributed by atoms with Gasteiger partial charge in [0, 0.05) is 32.6 Å². The molecule has 1 aromatic rings. The number of nitrogens with one attached hydrogen (secondary N) is 2. The number of amides is 3. The third-order valence-corrected chi connectivity index (χ3v) is 4.64. The van der Waals surface area contributed by atoms with Crippen molar-refractivity contribution >= 4 is 11.9 Å². The van der Waals surface area contributed by atoms with E-state index < -0.39 is 0 Å². The quantitative estimate of drug-likeness (QED) is 0.795. The van der Waals surface area contributed by atoms with Crippen molar-refractivity contribution in [2.24, 2.45) is 0 Å². The van der Waals surface area contributed by atoms with Gasteiger partial charge >= 0.3 is 6.03 Å². The molecule has 0 unspecified atom stereocenters. The number of rotatable bonds is 7. The number of nitrogens with zero attached hydrogens (tertiary/aromatic N) is 1. The Balaban J connectivity index is 1.68. The molecule has 1 saturated carbocycles. The fourth-order valence-electron chi connectivity index (χ4n) is 3.13. The van der Waals surface area contributed by atoms with Crippen molar-refractivity contribution < 1.29 is 14.0 Å². The maximum Gasteiger partial charge on any atom is 0.315 e. The third kappa shape index (κ3) is 7.11. The average molecular weight is 349 g/mol. The molecule has 0 atom stereocenters. The standard InChI is InChI=1S/C19H28FN3O2/c1-15(24)23(13-11-16-7-9-17(20)10-8-16)14-12-21-19(25)22-18-5-3-2-4-6-18/h7-10,18H,2-6,11-14H2,1H3,(H2,21,22,25). The number of hydrogen-bond acceptors (Lipinski definition) is 2. The summed E-state index contributed by atoms with van der Waals surface area (Å²) in [5.74, 6) is -0.294. The van der Waals surface area contributed by atoms with Gasteiger partial charge in [0.15, 0.2) is 0 Å². The topological polar surface area (TPSA) is 61.4 Å². The van der Waals surface area contributed by atoms with Crippen LogP contribution in [0.2, 0.25) is 0 Å². The molecular formula is C19H28FN3O2. The SMILES string of the molecule is CC(=O)N(CCNC(=O)NC1CCCCC1)CCc1ccc(F)cc1. The van der Waals surface area contributed by atoms with Crippen molar-refractivity contribution in [1.82, 2.24) is 15.5 Å². The highest BCUT2D eigenvalue weighted by atomic mass is 19.1. The summed E-state index contributed by atoms with van der Waals surface area (Å²) in [6.07, 6.45) is 6.35. The van der Waals surface area contributed by atoms with Gasteiger partial charge in [0.25, 0.3) is 0 Å². The summed E-state index contributed by atoms with van der Waals surface area (Å²) in [7, 11) is 0. The first kappa shape index (κ1) is 19.2. The first-order valence-electron chi connectivity index (χ1n) is 9.09. The minimum atomic E-state index is -0.264. The molecule has 6 heteroatoms. The number of carbonyl (C=O) groups is 2. The highest BCUT2D eigenvalue weighted by Crippen LogP contribution is 2.17. The Hall–Kier alpha value is -2.11. The van der Waals surface area contributed by atoms with Gasteiger partial charge in [-0.25, -0.2) is 9.18 Å². The summed E-state index contributed by atoms with van der Waals surface area (Å²) in [5.41, 5.74) is 0.982. The van der Waals surface area contributed by atoms with Crippen LogP contribution in [-0.2, 0) is 11.2 Å². The molecular weight excluding hydrogens is 321 g/mol. The summed E-state index contributed by atoms with van der Waals surface area (Å²) >= 11 is 0. The van der Waals surface area contributed by atoms with E-state index in [9.17, 15) is 14.0 Å². The fraction of sp³-hybridized carbons (Fsp3) is 0.579. The van der Waals surface area contributed by atoms with E-state index in [4.69, 9.17) is 0 Å². The van der Waals surface area contributed by atoms with E-state index in [1.54, 1.807) is 17.0 Å². The van der Waals surface area contributed by atoms with E-state index in [1.807, 2.05) is 0 Å². The maximum absolute atomic E-state index is 12.9. The molecule has 25 heavy (non-hydrogen) atoms. The molecule has 1 aromatic carbocycles. The molecule has 0 aliphatic heterocycles. The van der Waals surface area contributed by atoms with E-state index in [1.165, 1.54) is 38.3 Å². The van der Waals surface area contributed by atoms with Crippen molar-refractivity contribution in [3.63, 3.8) is 0 Å². The van der Waals surface area contributed by atoms with Gasteiger partial charge < -0.3 is 15.5 Å². The van der Waals surface area contributed by atoms with Crippen LogP contribution in [0, 0.1) is 5.82 Å². The number of carbonyl (C=O) groups excluding carboxylic acids is 2. The van der Waals surface area contributed by atoms with E-state index in [0.29, 0.717) is 26.1 Å². The van der Waals surface area contributed by atoms with Crippen LogP contribution in [0.25, 0.3) is 0 Å². The predicted octanol–water partition coefficient (Wildman–Crippen LogP) is 2.85. The van der Waals surface area contributed by atoms with Gasteiger partial charge in [0.2, 0.25) is 5.91 Å². The molecule has 1 fully saturated rings. The van der Waals surface area contributed by atoms with E-state index in [2.05, 4.69) is 10.6 Å². The molecule has 2 rings (SSSR count).